The second-order valence-corrected chi connectivity index (χ2v) is 7.09. The normalized spacial score (nSPS) is 16.6. The molecule has 2 aromatic rings. The highest BCUT2D eigenvalue weighted by Gasteiger charge is 2.23. The Labute approximate surface area is 172 Å². The zero-order chi connectivity index (χ0) is 20.5. The Kier molecular flexibility index (Phi) is 7.56. The molecule has 5 heteroatoms. The van der Waals surface area contributed by atoms with Crippen LogP contribution in [0.2, 0.25) is 0 Å². The second-order valence-electron chi connectivity index (χ2n) is 7.09. The molecule has 0 saturated carbocycles. The summed E-state index contributed by atoms with van der Waals surface area (Å²) in [6.45, 7) is 4.64. The van der Waals surface area contributed by atoms with E-state index in [1.54, 1.807) is 13.2 Å². The van der Waals surface area contributed by atoms with Crippen LogP contribution in [0.1, 0.15) is 25.3 Å². The molecule has 1 fully saturated rings. The molecule has 0 radical (unpaired) electrons. The fourth-order valence-electron chi connectivity index (χ4n) is 3.47. The number of hydrogen-bond acceptors (Lipinski definition) is 4. The lowest BCUT2D eigenvalue weighted by molar-refractivity contribution is -0.127. The third kappa shape index (κ3) is 6.01. The summed E-state index contributed by atoms with van der Waals surface area (Å²) >= 11 is 0. The van der Waals surface area contributed by atoms with Crippen LogP contribution in [0.15, 0.2) is 54.6 Å². The van der Waals surface area contributed by atoms with Gasteiger partial charge in [0, 0.05) is 25.1 Å². The van der Waals surface area contributed by atoms with Crippen molar-refractivity contribution in [2.45, 2.75) is 19.8 Å². The van der Waals surface area contributed by atoms with Gasteiger partial charge in [-0.15, -0.1) is 0 Å². The van der Waals surface area contributed by atoms with Crippen LogP contribution in [-0.2, 0) is 4.79 Å². The predicted octanol–water partition coefficient (Wildman–Crippen LogP) is 4.42. The molecule has 2 aromatic carbocycles. The highest BCUT2D eigenvalue weighted by atomic mass is 16.5. The summed E-state index contributed by atoms with van der Waals surface area (Å²) in [6.07, 6.45) is 5.54. The van der Waals surface area contributed by atoms with Gasteiger partial charge >= 0.3 is 0 Å². The minimum absolute atomic E-state index is 0.0307. The number of piperidine rings is 1. The zero-order valence-corrected chi connectivity index (χ0v) is 17.2. The van der Waals surface area contributed by atoms with E-state index in [1.807, 2.05) is 66.4 Å². The highest BCUT2D eigenvalue weighted by molar-refractivity contribution is 5.92. The number of nitrogens with zero attached hydrogens (tertiary/aromatic N) is 1. The van der Waals surface area contributed by atoms with Gasteiger partial charge in [-0.1, -0.05) is 24.3 Å². The van der Waals surface area contributed by atoms with Gasteiger partial charge in [0.25, 0.3) is 0 Å². The van der Waals surface area contributed by atoms with E-state index >= 15 is 0 Å². The van der Waals surface area contributed by atoms with Gasteiger partial charge in [0.05, 0.1) is 20.3 Å². The second kappa shape index (κ2) is 10.6. The Morgan fingerprint density at radius 1 is 1.14 bits per heavy atom. The van der Waals surface area contributed by atoms with E-state index in [0.29, 0.717) is 30.6 Å². The molecular weight excluding hydrogens is 366 g/mol. The Hall–Kier alpha value is -2.95. The van der Waals surface area contributed by atoms with Crippen LogP contribution in [0.3, 0.4) is 0 Å². The van der Waals surface area contributed by atoms with Crippen LogP contribution in [0, 0.1) is 5.92 Å². The maximum Gasteiger partial charge on any atom is 0.246 e. The Balaban J connectivity index is 1.56. The molecule has 0 aliphatic carbocycles. The van der Waals surface area contributed by atoms with E-state index in [2.05, 4.69) is 0 Å². The van der Waals surface area contributed by atoms with Crippen molar-refractivity contribution in [3.8, 4) is 17.2 Å². The molecule has 1 aliphatic heterocycles. The molecule has 0 aromatic heterocycles. The molecule has 1 saturated heterocycles. The summed E-state index contributed by atoms with van der Waals surface area (Å²) in [5.41, 5.74) is 0.906. The number of rotatable bonds is 8. The van der Waals surface area contributed by atoms with Crippen molar-refractivity contribution in [3.63, 3.8) is 0 Å². The number of ether oxygens (including phenoxy) is 3. The molecule has 1 heterocycles. The summed E-state index contributed by atoms with van der Waals surface area (Å²) < 4.78 is 16.8. The Morgan fingerprint density at radius 2 is 1.97 bits per heavy atom. The van der Waals surface area contributed by atoms with Gasteiger partial charge < -0.3 is 19.1 Å². The van der Waals surface area contributed by atoms with Crippen molar-refractivity contribution in [3.05, 3.63) is 60.2 Å². The highest BCUT2D eigenvalue weighted by Crippen LogP contribution is 2.28. The van der Waals surface area contributed by atoms with Gasteiger partial charge in [-0.2, -0.15) is 0 Å². The van der Waals surface area contributed by atoms with E-state index < -0.39 is 0 Å². The molecule has 1 atom stereocenters. The standard InChI is InChI=1S/C24H29NO4/c1-3-28-23-16-19(11-13-22(23)27-2)12-14-24(26)25-15-7-8-20(17-25)18-29-21-9-5-4-6-10-21/h4-6,9-14,16,20H,3,7-8,15,17-18H2,1-2H3/b14-12+. The topological polar surface area (TPSA) is 48.0 Å². The number of amides is 1. The number of benzene rings is 2. The summed E-state index contributed by atoms with van der Waals surface area (Å²) in [4.78, 5) is 14.6. The monoisotopic (exact) mass is 395 g/mol. The minimum atomic E-state index is 0.0307. The largest absolute Gasteiger partial charge is 0.493 e. The molecule has 0 N–H and O–H groups in total. The molecule has 1 aliphatic rings. The summed E-state index contributed by atoms with van der Waals surface area (Å²) in [5.74, 6) is 2.63. The van der Waals surface area contributed by atoms with Gasteiger partial charge in [0.15, 0.2) is 11.5 Å². The summed E-state index contributed by atoms with van der Waals surface area (Å²) in [7, 11) is 1.62. The molecule has 1 amide bonds. The van der Waals surface area contributed by atoms with E-state index in [-0.39, 0.29) is 5.91 Å². The first-order valence-corrected chi connectivity index (χ1v) is 10.1. The SMILES string of the molecule is CCOc1cc(/C=C/C(=O)N2CCCC(COc3ccccc3)C2)ccc1OC. The van der Waals surface area contributed by atoms with Crippen LogP contribution < -0.4 is 14.2 Å². The van der Waals surface area contributed by atoms with Crippen LogP contribution in [0.4, 0.5) is 0 Å². The molecule has 1 unspecified atom stereocenters. The average molecular weight is 395 g/mol. The number of likely N-dealkylation sites (tertiary alicyclic amines) is 1. The van der Waals surface area contributed by atoms with Crippen molar-refractivity contribution in [1.82, 2.24) is 4.90 Å². The third-order valence-electron chi connectivity index (χ3n) is 4.97. The van der Waals surface area contributed by atoms with Crippen LogP contribution in [0.5, 0.6) is 17.2 Å². The van der Waals surface area contributed by atoms with Gasteiger partial charge in [-0.05, 0) is 55.7 Å². The third-order valence-corrected chi connectivity index (χ3v) is 4.97. The van der Waals surface area contributed by atoms with E-state index in [0.717, 1.165) is 37.2 Å². The maximum atomic E-state index is 12.7. The minimum Gasteiger partial charge on any atom is -0.493 e. The van der Waals surface area contributed by atoms with Crippen LogP contribution >= 0.6 is 0 Å². The molecule has 5 nitrogen and oxygen atoms in total. The summed E-state index contributed by atoms with van der Waals surface area (Å²) in [6, 6.07) is 15.5. The van der Waals surface area contributed by atoms with Crippen molar-refractivity contribution in [2.24, 2.45) is 5.92 Å². The average Bonchev–Trinajstić information content (AvgIpc) is 2.77. The molecule has 0 bridgehead atoms. The van der Waals surface area contributed by atoms with Gasteiger partial charge in [-0.3, -0.25) is 4.79 Å². The van der Waals surface area contributed by atoms with Crippen LogP contribution in [0.25, 0.3) is 6.08 Å². The van der Waals surface area contributed by atoms with Gasteiger partial charge in [0.2, 0.25) is 5.91 Å². The van der Waals surface area contributed by atoms with Crippen molar-refractivity contribution < 1.29 is 19.0 Å². The number of carbonyl (C=O) groups is 1. The Morgan fingerprint density at radius 3 is 2.72 bits per heavy atom. The van der Waals surface area contributed by atoms with E-state index in [9.17, 15) is 4.79 Å². The van der Waals surface area contributed by atoms with E-state index in [4.69, 9.17) is 14.2 Å². The first-order chi connectivity index (χ1) is 14.2. The van der Waals surface area contributed by atoms with E-state index in [1.165, 1.54) is 0 Å². The van der Waals surface area contributed by atoms with Crippen molar-refractivity contribution in [1.29, 1.82) is 0 Å². The lowest BCUT2D eigenvalue weighted by atomic mass is 9.99. The number of para-hydroxylation sites is 1. The van der Waals surface area contributed by atoms with Crippen LogP contribution in [-0.4, -0.2) is 44.2 Å². The first kappa shape index (κ1) is 20.8. The quantitative estimate of drug-likeness (QED) is 0.621. The molecule has 154 valence electrons. The fraction of sp³-hybridized carbons (Fsp3) is 0.375. The molecular formula is C24H29NO4. The smallest absolute Gasteiger partial charge is 0.246 e. The lowest BCUT2D eigenvalue weighted by Gasteiger charge is -2.32. The predicted molar refractivity (Wildman–Crippen MR) is 114 cm³/mol. The fourth-order valence-corrected chi connectivity index (χ4v) is 3.47. The molecule has 29 heavy (non-hydrogen) atoms. The number of methoxy groups -OCH3 is 1. The zero-order valence-electron chi connectivity index (χ0n) is 17.2. The maximum absolute atomic E-state index is 12.7. The van der Waals surface area contributed by atoms with Gasteiger partial charge in [0.1, 0.15) is 5.75 Å². The summed E-state index contributed by atoms with van der Waals surface area (Å²) in [5, 5.41) is 0. The number of hydrogen-bond donors (Lipinski definition) is 0. The van der Waals surface area contributed by atoms with Gasteiger partial charge in [-0.25, -0.2) is 0 Å². The molecule has 3 rings (SSSR count). The lowest BCUT2D eigenvalue weighted by Crippen LogP contribution is -2.40. The number of carbonyl (C=O) groups excluding carboxylic acids is 1. The first-order valence-electron chi connectivity index (χ1n) is 10.1. The Bertz CT molecular complexity index is 819. The van der Waals surface area contributed by atoms with Crippen molar-refractivity contribution >= 4 is 12.0 Å². The van der Waals surface area contributed by atoms with Crippen molar-refractivity contribution in [2.75, 3.05) is 33.4 Å². The molecule has 0 spiro atoms.